The second kappa shape index (κ2) is 8.12. The van der Waals surface area contributed by atoms with Crippen LogP contribution in [0.3, 0.4) is 0 Å². The van der Waals surface area contributed by atoms with Crippen LogP contribution in [-0.4, -0.2) is 30.2 Å². The van der Waals surface area contributed by atoms with Gasteiger partial charge in [0, 0.05) is 19.5 Å². The zero-order chi connectivity index (χ0) is 17.6. The zero-order valence-electron chi connectivity index (χ0n) is 14.1. The Balaban J connectivity index is 1.62. The maximum atomic E-state index is 13.6. The summed E-state index contributed by atoms with van der Waals surface area (Å²) < 4.78 is 13.6. The van der Waals surface area contributed by atoms with Gasteiger partial charge >= 0.3 is 0 Å². The van der Waals surface area contributed by atoms with Crippen LogP contribution in [0.15, 0.2) is 48.5 Å². The summed E-state index contributed by atoms with van der Waals surface area (Å²) in [5, 5.41) is 12.6. The van der Waals surface area contributed by atoms with Crippen LogP contribution in [0.25, 0.3) is 0 Å². The Morgan fingerprint density at radius 3 is 2.56 bits per heavy atom. The van der Waals surface area contributed by atoms with Crippen LogP contribution in [0.1, 0.15) is 24.8 Å². The number of aliphatic hydroxyl groups is 1. The molecule has 0 saturated carbocycles. The molecule has 5 heteroatoms. The number of rotatable bonds is 5. The second-order valence-corrected chi connectivity index (χ2v) is 6.37. The third-order valence-electron chi connectivity index (χ3n) is 4.56. The quantitative estimate of drug-likeness (QED) is 0.876. The van der Waals surface area contributed by atoms with E-state index in [2.05, 4.69) is 10.2 Å². The summed E-state index contributed by atoms with van der Waals surface area (Å²) in [6.07, 6.45) is 1.83. The Labute approximate surface area is 147 Å². The number of benzene rings is 2. The Kier molecular flexibility index (Phi) is 5.66. The molecule has 4 nitrogen and oxygen atoms in total. The molecule has 2 aromatic rings. The summed E-state index contributed by atoms with van der Waals surface area (Å²) in [6, 6.07) is 14.2. The predicted molar refractivity (Wildman–Crippen MR) is 97.2 cm³/mol. The highest BCUT2D eigenvalue weighted by Crippen LogP contribution is 2.28. The van der Waals surface area contributed by atoms with Gasteiger partial charge in [-0.25, -0.2) is 4.39 Å². The number of carbonyl (C=O) groups excluding carboxylic acids is 1. The number of carbonyl (C=O) groups is 1. The topological polar surface area (TPSA) is 52.6 Å². The number of piperidine rings is 1. The number of amides is 1. The van der Waals surface area contributed by atoms with Crippen LogP contribution in [0.4, 0.5) is 15.8 Å². The molecule has 132 valence electrons. The number of aliphatic hydroxyl groups excluding tert-OH is 1. The van der Waals surface area contributed by atoms with E-state index in [-0.39, 0.29) is 24.2 Å². The molecule has 1 heterocycles. The summed E-state index contributed by atoms with van der Waals surface area (Å²) in [7, 11) is 0. The van der Waals surface area contributed by atoms with Crippen molar-refractivity contribution in [3.05, 3.63) is 59.9 Å². The molecule has 0 radical (unpaired) electrons. The first-order valence-electron chi connectivity index (χ1n) is 8.69. The van der Waals surface area contributed by atoms with Crippen LogP contribution in [0.5, 0.6) is 0 Å². The SMILES string of the molecule is O=C(CCc1ccccc1F)Nc1ccccc1N1CCC(O)CC1. The first kappa shape index (κ1) is 17.4. The van der Waals surface area contributed by atoms with Gasteiger partial charge < -0.3 is 15.3 Å². The van der Waals surface area contributed by atoms with Crippen LogP contribution in [0, 0.1) is 5.82 Å². The van der Waals surface area contributed by atoms with E-state index in [0.29, 0.717) is 12.0 Å². The van der Waals surface area contributed by atoms with Crippen molar-refractivity contribution in [3.63, 3.8) is 0 Å². The average Bonchev–Trinajstić information content (AvgIpc) is 2.62. The molecule has 2 aromatic carbocycles. The lowest BCUT2D eigenvalue weighted by molar-refractivity contribution is -0.116. The van der Waals surface area contributed by atoms with E-state index >= 15 is 0 Å². The minimum atomic E-state index is -0.275. The third kappa shape index (κ3) is 4.57. The number of halogens is 1. The van der Waals surface area contributed by atoms with E-state index in [9.17, 15) is 14.3 Å². The molecule has 0 aromatic heterocycles. The molecule has 0 atom stereocenters. The standard InChI is InChI=1S/C20H23FN2O2/c21-17-6-2-1-5-15(17)9-10-20(25)22-18-7-3-4-8-19(18)23-13-11-16(24)12-14-23/h1-8,16,24H,9-14H2,(H,22,25). The van der Waals surface area contributed by atoms with Crippen molar-refractivity contribution in [2.24, 2.45) is 0 Å². The van der Waals surface area contributed by atoms with Crippen LogP contribution in [-0.2, 0) is 11.2 Å². The summed E-state index contributed by atoms with van der Waals surface area (Å²) in [5.74, 6) is -0.407. The number of nitrogens with one attached hydrogen (secondary N) is 1. The summed E-state index contributed by atoms with van der Waals surface area (Å²) in [5.41, 5.74) is 2.28. The molecule has 1 amide bonds. The van der Waals surface area contributed by atoms with E-state index in [0.717, 1.165) is 37.3 Å². The summed E-state index contributed by atoms with van der Waals surface area (Å²) >= 11 is 0. The van der Waals surface area contributed by atoms with Crippen molar-refractivity contribution >= 4 is 17.3 Å². The first-order valence-corrected chi connectivity index (χ1v) is 8.69. The smallest absolute Gasteiger partial charge is 0.224 e. The van der Waals surface area contributed by atoms with Gasteiger partial charge in [0.25, 0.3) is 0 Å². The zero-order valence-corrected chi connectivity index (χ0v) is 14.1. The summed E-state index contributed by atoms with van der Waals surface area (Å²) in [6.45, 7) is 1.53. The van der Waals surface area contributed by atoms with Crippen molar-refractivity contribution < 1.29 is 14.3 Å². The van der Waals surface area contributed by atoms with Crippen molar-refractivity contribution in [3.8, 4) is 0 Å². The van der Waals surface area contributed by atoms with E-state index in [1.165, 1.54) is 6.07 Å². The fourth-order valence-corrected chi connectivity index (χ4v) is 3.12. The van der Waals surface area contributed by atoms with Gasteiger partial charge in [0.05, 0.1) is 17.5 Å². The maximum Gasteiger partial charge on any atom is 0.224 e. The maximum absolute atomic E-state index is 13.6. The van der Waals surface area contributed by atoms with Crippen LogP contribution >= 0.6 is 0 Å². The molecule has 1 aliphatic heterocycles. The Morgan fingerprint density at radius 1 is 1.12 bits per heavy atom. The number of aryl methyl sites for hydroxylation is 1. The van der Waals surface area contributed by atoms with Gasteiger partial charge in [0.15, 0.2) is 0 Å². The minimum Gasteiger partial charge on any atom is -0.393 e. The van der Waals surface area contributed by atoms with Crippen LogP contribution in [0.2, 0.25) is 0 Å². The molecule has 25 heavy (non-hydrogen) atoms. The second-order valence-electron chi connectivity index (χ2n) is 6.37. The van der Waals surface area contributed by atoms with Gasteiger partial charge in [0.2, 0.25) is 5.91 Å². The van der Waals surface area contributed by atoms with Crippen molar-refractivity contribution in [2.75, 3.05) is 23.3 Å². The van der Waals surface area contributed by atoms with Gasteiger partial charge in [-0.1, -0.05) is 30.3 Å². The summed E-state index contributed by atoms with van der Waals surface area (Å²) in [4.78, 5) is 14.5. The Morgan fingerprint density at radius 2 is 1.80 bits per heavy atom. The van der Waals surface area contributed by atoms with E-state index in [1.54, 1.807) is 18.2 Å². The van der Waals surface area contributed by atoms with Crippen molar-refractivity contribution in [1.29, 1.82) is 0 Å². The molecule has 1 aliphatic rings. The third-order valence-corrected chi connectivity index (χ3v) is 4.56. The van der Waals surface area contributed by atoms with Gasteiger partial charge in [0.1, 0.15) is 5.82 Å². The van der Waals surface area contributed by atoms with Crippen molar-refractivity contribution in [1.82, 2.24) is 0 Å². The molecule has 1 saturated heterocycles. The lowest BCUT2D eigenvalue weighted by atomic mass is 10.1. The average molecular weight is 342 g/mol. The van der Waals surface area contributed by atoms with Crippen LogP contribution < -0.4 is 10.2 Å². The Hall–Kier alpha value is -2.40. The number of hydrogen-bond acceptors (Lipinski definition) is 3. The number of nitrogens with zero attached hydrogens (tertiary/aromatic N) is 1. The molecule has 3 rings (SSSR count). The number of anilines is 2. The van der Waals surface area contributed by atoms with Gasteiger partial charge in [-0.3, -0.25) is 4.79 Å². The van der Waals surface area contributed by atoms with E-state index in [4.69, 9.17) is 0 Å². The predicted octanol–water partition coefficient (Wildman–Crippen LogP) is 3.36. The fraction of sp³-hybridized carbons (Fsp3) is 0.350. The molecule has 2 N–H and O–H groups in total. The van der Waals surface area contributed by atoms with E-state index < -0.39 is 0 Å². The monoisotopic (exact) mass is 342 g/mol. The lowest BCUT2D eigenvalue weighted by Gasteiger charge is -2.32. The first-order chi connectivity index (χ1) is 12.1. The van der Waals surface area contributed by atoms with Gasteiger partial charge in [-0.15, -0.1) is 0 Å². The molecule has 0 spiro atoms. The normalized spacial score (nSPS) is 15.2. The molecular weight excluding hydrogens is 319 g/mol. The number of hydrogen-bond donors (Lipinski definition) is 2. The highest BCUT2D eigenvalue weighted by Gasteiger charge is 2.19. The van der Waals surface area contributed by atoms with Gasteiger partial charge in [-0.05, 0) is 43.0 Å². The lowest BCUT2D eigenvalue weighted by Crippen LogP contribution is -2.36. The highest BCUT2D eigenvalue weighted by molar-refractivity contribution is 5.94. The molecule has 0 bridgehead atoms. The van der Waals surface area contributed by atoms with Gasteiger partial charge in [-0.2, -0.15) is 0 Å². The largest absolute Gasteiger partial charge is 0.393 e. The molecule has 1 fully saturated rings. The molecule has 0 aliphatic carbocycles. The molecular formula is C20H23FN2O2. The highest BCUT2D eigenvalue weighted by atomic mass is 19.1. The minimum absolute atomic E-state index is 0.132. The number of para-hydroxylation sites is 2. The van der Waals surface area contributed by atoms with E-state index in [1.807, 2.05) is 24.3 Å². The Bertz CT molecular complexity index is 727. The molecule has 0 unspecified atom stereocenters. The van der Waals surface area contributed by atoms with Crippen molar-refractivity contribution in [2.45, 2.75) is 31.8 Å². The fourth-order valence-electron chi connectivity index (χ4n) is 3.12.